The minimum Gasteiger partial charge on any atom is -0.239 e. The van der Waals surface area contributed by atoms with Crippen LogP contribution in [-0.2, 0) is 6.54 Å². The number of rotatable bonds is 3. The van der Waals surface area contributed by atoms with Crippen molar-refractivity contribution in [1.82, 2.24) is 30.0 Å². The fourth-order valence-electron chi connectivity index (χ4n) is 1.70. The molecule has 0 N–H and O–H groups in total. The van der Waals surface area contributed by atoms with Crippen LogP contribution in [0.2, 0.25) is 5.02 Å². The monoisotopic (exact) mass is 274 g/mol. The van der Waals surface area contributed by atoms with Crippen molar-refractivity contribution in [3.8, 4) is 17.1 Å². The van der Waals surface area contributed by atoms with Crippen LogP contribution in [-0.4, -0.2) is 30.0 Å². The topological polar surface area (TPSA) is 61.4 Å². The Morgan fingerprint density at radius 1 is 1.26 bits per heavy atom. The van der Waals surface area contributed by atoms with Crippen LogP contribution in [0.3, 0.4) is 0 Å². The van der Waals surface area contributed by atoms with Crippen LogP contribution in [0.4, 0.5) is 0 Å². The minimum absolute atomic E-state index is 0.556. The lowest BCUT2D eigenvalue weighted by atomic mass is 10.3. The van der Waals surface area contributed by atoms with Crippen LogP contribution < -0.4 is 0 Å². The van der Waals surface area contributed by atoms with Crippen molar-refractivity contribution < 1.29 is 0 Å². The summed E-state index contributed by atoms with van der Waals surface area (Å²) in [6, 6.07) is 7.51. The zero-order chi connectivity index (χ0) is 13.2. The van der Waals surface area contributed by atoms with Gasteiger partial charge >= 0.3 is 0 Å². The number of aromatic nitrogens is 6. The molecule has 0 fully saturated rings. The molecule has 0 amide bonds. The van der Waals surface area contributed by atoms with Gasteiger partial charge in [-0.05, 0) is 24.3 Å². The van der Waals surface area contributed by atoms with Gasteiger partial charge in [-0.1, -0.05) is 23.7 Å². The highest BCUT2D eigenvalue weighted by atomic mass is 35.5. The lowest BCUT2D eigenvalue weighted by molar-refractivity contribution is 0.553. The van der Waals surface area contributed by atoms with E-state index in [1.54, 1.807) is 10.9 Å². The van der Waals surface area contributed by atoms with Crippen molar-refractivity contribution in [2.24, 2.45) is 0 Å². The molecule has 3 rings (SSSR count). The van der Waals surface area contributed by atoms with Gasteiger partial charge in [0, 0.05) is 6.20 Å². The number of halogens is 1. The van der Waals surface area contributed by atoms with Gasteiger partial charge in [-0.3, -0.25) is 0 Å². The molecular formula is C12H11ClN6. The van der Waals surface area contributed by atoms with Crippen molar-refractivity contribution in [3.05, 3.63) is 41.7 Å². The number of nitrogens with zero attached hydrogens (tertiary/aromatic N) is 6. The van der Waals surface area contributed by atoms with Crippen molar-refractivity contribution in [2.75, 3.05) is 0 Å². The molecule has 6 nitrogen and oxygen atoms in total. The van der Waals surface area contributed by atoms with Crippen LogP contribution in [0.5, 0.6) is 0 Å². The number of aryl methyl sites for hydroxylation is 1. The Kier molecular flexibility index (Phi) is 3.00. The van der Waals surface area contributed by atoms with E-state index in [2.05, 4.69) is 20.5 Å². The maximum absolute atomic E-state index is 6.13. The summed E-state index contributed by atoms with van der Waals surface area (Å²) in [4.78, 5) is 1.53. The zero-order valence-corrected chi connectivity index (χ0v) is 11.0. The van der Waals surface area contributed by atoms with E-state index in [4.69, 9.17) is 11.6 Å². The Labute approximate surface area is 114 Å². The molecule has 19 heavy (non-hydrogen) atoms. The quantitative estimate of drug-likeness (QED) is 0.735. The molecule has 96 valence electrons. The fourth-order valence-corrected chi connectivity index (χ4v) is 1.92. The van der Waals surface area contributed by atoms with Crippen LogP contribution in [0.25, 0.3) is 17.1 Å². The first-order valence-electron chi connectivity index (χ1n) is 5.85. The number of para-hydroxylation sites is 1. The molecule has 2 heterocycles. The molecule has 2 aromatic heterocycles. The predicted molar refractivity (Wildman–Crippen MR) is 71.1 cm³/mol. The third-order valence-corrected chi connectivity index (χ3v) is 3.00. The summed E-state index contributed by atoms with van der Waals surface area (Å²) in [6.45, 7) is 2.64. The molecule has 0 saturated carbocycles. The molecule has 0 aliphatic carbocycles. The van der Waals surface area contributed by atoms with Crippen molar-refractivity contribution in [1.29, 1.82) is 0 Å². The maximum Gasteiger partial charge on any atom is 0.208 e. The predicted octanol–water partition coefficient (Wildman–Crippen LogP) is 2.20. The molecule has 3 aromatic rings. The van der Waals surface area contributed by atoms with E-state index in [0.29, 0.717) is 17.4 Å². The second kappa shape index (κ2) is 4.81. The summed E-state index contributed by atoms with van der Waals surface area (Å²) in [5.41, 5.74) is 1.62. The smallest absolute Gasteiger partial charge is 0.208 e. The van der Waals surface area contributed by atoms with Crippen LogP contribution in [0.15, 0.2) is 36.7 Å². The average molecular weight is 275 g/mol. The average Bonchev–Trinajstić information content (AvgIpc) is 3.08. The Morgan fingerprint density at radius 2 is 2.11 bits per heavy atom. The molecule has 0 saturated heterocycles. The Balaban J connectivity index is 1.97. The van der Waals surface area contributed by atoms with Gasteiger partial charge in [0.2, 0.25) is 5.82 Å². The molecule has 0 aliphatic heterocycles. The normalized spacial score (nSPS) is 10.8. The minimum atomic E-state index is 0.556. The van der Waals surface area contributed by atoms with Crippen molar-refractivity contribution in [2.45, 2.75) is 13.5 Å². The summed E-state index contributed by atoms with van der Waals surface area (Å²) in [6.07, 6.45) is 3.53. The van der Waals surface area contributed by atoms with E-state index in [-0.39, 0.29) is 0 Å². The van der Waals surface area contributed by atoms with Gasteiger partial charge in [-0.15, -0.1) is 10.2 Å². The van der Waals surface area contributed by atoms with Gasteiger partial charge < -0.3 is 0 Å². The molecule has 1 aromatic carbocycles. The van der Waals surface area contributed by atoms with Gasteiger partial charge in [0.25, 0.3) is 0 Å². The maximum atomic E-state index is 6.13. The SMILES string of the molecule is CCn1nnc(-c2cnn(-c3ccccc3Cl)c2)n1. The van der Waals surface area contributed by atoms with E-state index >= 15 is 0 Å². The lowest BCUT2D eigenvalue weighted by Crippen LogP contribution is -1.98. The number of benzene rings is 1. The first kappa shape index (κ1) is 11.9. The Morgan fingerprint density at radius 3 is 2.84 bits per heavy atom. The molecule has 0 spiro atoms. The van der Waals surface area contributed by atoms with E-state index in [1.165, 1.54) is 4.80 Å². The van der Waals surface area contributed by atoms with Crippen LogP contribution >= 0.6 is 11.6 Å². The van der Waals surface area contributed by atoms with Crippen LogP contribution in [0.1, 0.15) is 6.92 Å². The Bertz CT molecular complexity index is 702. The third kappa shape index (κ3) is 2.22. The largest absolute Gasteiger partial charge is 0.239 e. The van der Waals surface area contributed by atoms with E-state index in [1.807, 2.05) is 37.4 Å². The molecule has 0 atom stereocenters. The summed E-state index contributed by atoms with van der Waals surface area (Å²) >= 11 is 6.13. The van der Waals surface area contributed by atoms with Crippen LogP contribution in [0, 0.1) is 0 Å². The highest BCUT2D eigenvalue weighted by molar-refractivity contribution is 6.32. The standard InChI is InChI=1S/C12H11ClN6/c1-2-19-16-12(15-17-19)9-7-14-18(8-9)11-6-4-3-5-10(11)13/h3-8H,2H2,1H3. The van der Waals surface area contributed by atoms with Crippen molar-refractivity contribution >= 4 is 11.6 Å². The zero-order valence-electron chi connectivity index (χ0n) is 10.2. The second-order valence-electron chi connectivity index (χ2n) is 3.93. The lowest BCUT2D eigenvalue weighted by Gasteiger charge is -2.02. The fraction of sp³-hybridized carbons (Fsp3) is 0.167. The molecule has 0 bridgehead atoms. The first-order chi connectivity index (χ1) is 9.28. The van der Waals surface area contributed by atoms with Gasteiger partial charge in [0.05, 0.1) is 29.0 Å². The number of hydrogen-bond donors (Lipinski definition) is 0. The van der Waals surface area contributed by atoms with Gasteiger partial charge in [-0.25, -0.2) is 4.68 Å². The number of tetrazole rings is 1. The van der Waals surface area contributed by atoms with E-state index < -0.39 is 0 Å². The molecule has 0 aliphatic rings. The summed E-state index contributed by atoms with van der Waals surface area (Å²) < 4.78 is 1.70. The third-order valence-electron chi connectivity index (χ3n) is 2.68. The molecule has 7 heteroatoms. The summed E-state index contributed by atoms with van der Waals surface area (Å²) in [5, 5.41) is 17.1. The molecular weight excluding hydrogens is 264 g/mol. The second-order valence-corrected chi connectivity index (χ2v) is 4.33. The van der Waals surface area contributed by atoms with Gasteiger partial charge in [-0.2, -0.15) is 9.90 Å². The summed E-state index contributed by atoms with van der Waals surface area (Å²) in [5.74, 6) is 0.556. The molecule has 0 unspecified atom stereocenters. The number of hydrogen-bond acceptors (Lipinski definition) is 4. The summed E-state index contributed by atoms with van der Waals surface area (Å²) in [7, 11) is 0. The van der Waals surface area contributed by atoms with Crippen molar-refractivity contribution in [3.63, 3.8) is 0 Å². The van der Waals surface area contributed by atoms with Gasteiger partial charge in [0.15, 0.2) is 0 Å². The Hall–Kier alpha value is -2.21. The molecule has 0 radical (unpaired) electrons. The van der Waals surface area contributed by atoms with E-state index in [0.717, 1.165) is 11.3 Å². The highest BCUT2D eigenvalue weighted by Crippen LogP contribution is 2.21. The van der Waals surface area contributed by atoms with E-state index in [9.17, 15) is 0 Å². The highest BCUT2D eigenvalue weighted by Gasteiger charge is 2.10. The van der Waals surface area contributed by atoms with Gasteiger partial charge in [0.1, 0.15) is 0 Å². The first-order valence-corrected chi connectivity index (χ1v) is 6.23.